The minimum Gasteiger partial charge on any atom is -0.295 e. The summed E-state index contributed by atoms with van der Waals surface area (Å²) in [6.45, 7) is 4.21. The molecule has 2 heteroatoms. The quantitative estimate of drug-likeness (QED) is 0.271. The summed E-state index contributed by atoms with van der Waals surface area (Å²) < 4.78 is 0. The number of aliphatic imine (C=N–C) groups is 1. The van der Waals surface area contributed by atoms with E-state index in [1.54, 1.807) is 0 Å². The van der Waals surface area contributed by atoms with Crippen molar-refractivity contribution < 1.29 is 0 Å². The van der Waals surface area contributed by atoms with Crippen LogP contribution in [0.2, 0.25) is 0 Å². The smallest absolute Gasteiger partial charge is 0.145 e. The van der Waals surface area contributed by atoms with Crippen LogP contribution in [0.3, 0.4) is 0 Å². The molecule has 0 aliphatic rings. The van der Waals surface area contributed by atoms with Crippen molar-refractivity contribution >= 4 is 22.9 Å². The number of hydrogen-bond donors (Lipinski definition) is 0. The van der Waals surface area contributed by atoms with E-state index in [9.17, 15) is 0 Å². The first-order valence-corrected chi connectivity index (χ1v) is 9.83. The Hall–Kier alpha value is -3.65. The lowest BCUT2D eigenvalue weighted by Crippen LogP contribution is -2.27. The molecular weight excluding hydrogens is 352 g/mol. The van der Waals surface area contributed by atoms with E-state index in [0.717, 1.165) is 28.5 Å². The molecule has 29 heavy (non-hydrogen) atoms. The molecule has 4 aromatic carbocycles. The molecule has 0 spiro atoms. The lowest BCUT2D eigenvalue weighted by Gasteiger charge is -2.27. The highest BCUT2D eigenvalue weighted by molar-refractivity contribution is 6.15. The summed E-state index contributed by atoms with van der Waals surface area (Å²) >= 11 is 0. The number of anilines is 2. The Labute approximate surface area is 172 Å². The summed E-state index contributed by atoms with van der Waals surface area (Å²) in [6.07, 6.45) is 0. The van der Waals surface area contributed by atoms with E-state index < -0.39 is 0 Å². The molecule has 0 saturated carbocycles. The molecule has 4 rings (SSSR count). The van der Waals surface area contributed by atoms with Gasteiger partial charge in [0.05, 0.1) is 5.69 Å². The SMILES string of the molecule is Cc1ccc(N(C(=Nc2ccccc2)c2ccccc2)c2ccc(C)cc2)cc1. The minimum absolute atomic E-state index is 0.893. The Bertz CT molecular complexity index is 1040. The number of amidine groups is 1. The molecule has 4 aromatic rings. The number of nitrogens with zero attached hydrogens (tertiary/aromatic N) is 2. The summed E-state index contributed by atoms with van der Waals surface area (Å²) in [4.78, 5) is 7.29. The van der Waals surface area contributed by atoms with E-state index in [2.05, 4.69) is 91.5 Å². The lowest BCUT2D eigenvalue weighted by molar-refractivity contribution is 1.29. The number of hydrogen-bond acceptors (Lipinski definition) is 1. The first kappa shape index (κ1) is 18.7. The summed E-state index contributed by atoms with van der Waals surface area (Å²) in [5.74, 6) is 0.893. The molecule has 0 amide bonds. The van der Waals surface area contributed by atoms with Gasteiger partial charge in [-0.25, -0.2) is 4.99 Å². The first-order chi connectivity index (χ1) is 14.2. The van der Waals surface area contributed by atoms with Crippen molar-refractivity contribution in [1.82, 2.24) is 0 Å². The van der Waals surface area contributed by atoms with Crippen molar-refractivity contribution in [2.45, 2.75) is 13.8 Å². The normalized spacial score (nSPS) is 11.3. The van der Waals surface area contributed by atoms with Crippen LogP contribution in [-0.4, -0.2) is 5.84 Å². The van der Waals surface area contributed by atoms with E-state index in [1.165, 1.54) is 11.1 Å². The van der Waals surface area contributed by atoms with Crippen LogP contribution < -0.4 is 4.90 Å². The number of aryl methyl sites for hydroxylation is 2. The van der Waals surface area contributed by atoms with Crippen LogP contribution in [0.4, 0.5) is 17.1 Å². The fourth-order valence-corrected chi connectivity index (χ4v) is 3.24. The highest BCUT2D eigenvalue weighted by Gasteiger charge is 2.18. The van der Waals surface area contributed by atoms with Gasteiger partial charge in [-0.1, -0.05) is 83.9 Å². The molecule has 0 fully saturated rings. The van der Waals surface area contributed by atoms with Crippen LogP contribution in [0.1, 0.15) is 16.7 Å². The van der Waals surface area contributed by atoms with Gasteiger partial charge >= 0.3 is 0 Å². The molecule has 0 aliphatic heterocycles. The Balaban J connectivity index is 1.93. The third-order valence-corrected chi connectivity index (χ3v) is 4.82. The minimum atomic E-state index is 0.893. The van der Waals surface area contributed by atoms with Crippen LogP contribution in [0, 0.1) is 13.8 Å². The molecule has 2 nitrogen and oxygen atoms in total. The standard InChI is InChI=1S/C27H24N2/c1-21-13-17-25(18-14-21)29(26-19-15-22(2)16-20-26)27(23-9-5-3-6-10-23)28-24-11-7-4-8-12-24/h3-20H,1-2H3. The van der Waals surface area contributed by atoms with Gasteiger partial charge in [0.15, 0.2) is 0 Å². The van der Waals surface area contributed by atoms with Gasteiger partial charge in [-0.05, 0) is 50.2 Å². The van der Waals surface area contributed by atoms with Gasteiger partial charge < -0.3 is 0 Å². The summed E-state index contributed by atoms with van der Waals surface area (Å²) in [5.41, 5.74) is 6.63. The predicted molar refractivity (Wildman–Crippen MR) is 124 cm³/mol. The van der Waals surface area contributed by atoms with Gasteiger partial charge in [-0.3, -0.25) is 4.90 Å². The van der Waals surface area contributed by atoms with Crippen molar-refractivity contribution in [3.63, 3.8) is 0 Å². The Kier molecular flexibility index (Phi) is 5.53. The molecule has 0 N–H and O–H groups in total. The first-order valence-electron chi connectivity index (χ1n) is 9.83. The second-order valence-corrected chi connectivity index (χ2v) is 7.14. The van der Waals surface area contributed by atoms with E-state index in [0.29, 0.717) is 0 Å². The molecule has 0 aromatic heterocycles. The zero-order valence-corrected chi connectivity index (χ0v) is 16.8. The number of benzene rings is 4. The average molecular weight is 377 g/mol. The molecule has 0 bridgehead atoms. The van der Waals surface area contributed by atoms with Crippen LogP contribution in [-0.2, 0) is 0 Å². The maximum absolute atomic E-state index is 5.07. The number of rotatable bonds is 4. The van der Waals surface area contributed by atoms with Crippen LogP contribution >= 0.6 is 0 Å². The van der Waals surface area contributed by atoms with Crippen molar-refractivity contribution in [2.24, 2.45) is 4.99 Å². The second-order valence-electron chi connectivity index (χ2n) is 7.14. The van der Waals surface area contributed by atoms with Crippen LogP contribution in [0.5, 0.6) is 0 Å². The van der Waals surface area contributed by atoms with Crippen LogP contribution in [0.15, 0.2) is 114 Å². The maximum atomic E-state index is 5.07. The van der Waals surface area contributed by atoms with E-state index in [1.807, 2.05) is 36.4 Å². The lowest BCUT2D eigenvalue weighted by atomic mass is 10.1. The summed E-state index contributed by atoms with van der Waals surface area (Å²) in [7, 11) is 0. The molecular formula is C27H24N2. The fraction of sp³-hybridized carbons (Fsp3) is 0.0741. The van der Waals surface area contributed by atoms with E-state index in [4.69, 9.17) is 4.99 Å². The van der Waals surface area contributed by atoms with Gasteiger partial charge in [0.1, 0.15) is 5.84 Å². The van der Waals surface area contributed by atoms with Crippen LogP contribution in [0.25, 0.3) is 0 Å². The Morgan fingerprint density at radius 3 is 1.48 bits per heavy atom. The number of para-hydroxylation sites is 1. The molecule has 142 valence electrons. The Morgan fingerprint density at radius 2 is 1.00 bits per heavy atom. The summed E-state index contributed by atoms with van der Waals surface area (Å²) in [6, 6.07) is 37.6. The fourth-order valence-electron chi connectivity index (χ4n) is 3.24. The van der Waals surface area contributed by atoms with Gasteiger partial charge in [-0.15, -0.1) is 0 Å². The zero-order valence-electron chi connectivity index (χ0n) is 16.8. The third-order valence-electron chi connectivity index (χ3n) is 4.82. The van der Waals surface area contributed by atoms with E-state index in [-0.39, 0.29) is 0 Å². The molecule has 0 radical (unpaired) electrons. The summed E-state index contributed by atoms with van der Waals surface area (Å²) in [5, 5.41) is 0. The molecule has 0 atom stereocenters. The molecule has 0 heterocycles. The van der Waals surface area contributed by atoms with Crippen molar-refractivity contribution in [3.05, 3.63) is 126 Å². The van der Waals surface area contributed by atoms with Gasteiger partial charge in [0.2, 0.25) is 0 Å². The average Bonchev–Trinajstić information content (AvgIpc) is 2.77. The molecule has 0 saturated heterocycles. The monoisotopic (exact) mass is 376 g/mol. The van der Waals surface area contributed by atoms with Crippen molar-refractivity contribution in [1.29, 1.82) is 0 Å². The maximum Gasteiger partial charge on any atom is 0.145 e. The third kappa shape index (κ3) is 4.44. The van der Waals surface area contributed by atoms with Gasteiger partial charge in [0.25, 0.3) is 0 Å². The highest BCUT2D eigenvalue weighted by atomic mass is 15.2. The molecule has 0 aliphatic carbocycles. The van der Waals surface area contributed by atoms with Gasteiger partial charge in [-0.2, -0.15) is 0 Å². The molecule has 0 unspecified atom stereocenters. The zero-order chi connectivity index (χ0) is 20.1. The van der Waals surface area contributed by atoms with Crippen molar-refractivity contribution in [2.75, 3.05) is 4.90 Å². The van der Waals surface area contributed by atoms with E-state index >= 15 is 0 Å². The van der Waals surface area contributed by atoms with Gasteiger partial charge in [0, 0.05) is 16.9 Å². The second kappa shape index (κ2) is 8.57. The Morgan fingerprint density at radius 1 is 0.552 bits per heavy atom. The highest BCUT2D eigenvalue weighted by Crippen LogP contribution is 2.30. The topological polar surface area (TPSA) is 15.6 Å². The largest absolute Gasteiger partial charge is 0.295 e. The van der Waals surface area contributed by atoms with Crippen molar-refractivity contribution in [3.8, 4) is 0 Å². The predicted octanol–water partition coefficient (Wildman–Crippen LogP) is 7.22.